The Labute approximate surface area is 118 Å². The zero-order chi connectivity index (χ0) is 13.8. The van der Waals surface area contributed by atoms with Crippen molar-refractivity contribution in [3.8, 4) is 11.5 Å². The van der Waals surface area contributed by atoms with Crippen LogP contribution in [0, 0.1) is 0 Å². The lowest BCUT2D eigenvalue weighted by Gasteiger charge is -2.07. The van der Waals surface area contributed by atoms with Gasteiger partial charge in [-0.05, 0) is 29.8 Å². The number of carbonyl (C=O) groups is 1. The number of phenols is 2. The molecular formula is C14H12BrNO3. The van der Waals surface area contributed by atoms with Gasteiger partial charge in [0.1, 0.15) is 11.5 Å². The lowest BCUT2D eigenvalue weighted by molar-refractivity contribution is 0.102. The average molecular weight is 322 g/mol. The number of alkyl halides is 1. The number of phenolic OH excluding ortho intramolecular Hbond substituents is 2. The Morgan fingerprint density at radius 1 is 1.05 bits per heavy atom. The van der Waals surface area contributed by atoms with E-state index in [2.05, 4.69) is 21.2 Å². The number of hydrogen-bond acceptors (Lipinski definition) is 3. The molecular weight excluding hydrogens is 310 g/mol. The van der Waals surface area contributed by atoms with Crippen LogP contribution in [0.3, 0.4) is 0 Å². The van der Waals surface area contributed by atoms with E-state index in [1.54, 1.807) is 12.1 Å². The van der Waals surface area contributed by atoms with Crippen molar-refractivity contribution in [2.75, 3.05) is 5.32 Å². The van der Waals surface area contributed by atoms with E-state index < -0.39 is 5.91 Å². The van der Waals surface area contributed by atoms with Crippen LogP contribution in [0.4, 0.5) is 5.69 Å². The summed E-state index contributed by atoms with van der Waals surface area (Å²) in [4.78, 5) is 11.9. The number of rotatable bonds is 3. The van der Waals surface area contributed by atoms with Crippen LogP contribution in [-0.2, 0) is 5.33 Å². The van der Waals surface area contributed by atoms with Crippen LogP contribution >= 0.6 is 15.9 Å². The van der Waals surface area contributed by atoms with Crippen molar-refractivity contribution in [1.82, 2.24) is 0 Å². The zero-order valence-corrected chi connectivity index (χ0v) is 11.5. The minimum Gasteiger partial charge on any atom is -0.508 e. The average Bonchev–Trinajstić information content (AvgIpc) is 2.38. The summed E-state index contributed by atoms with van der Waals surface area (Å²) in [5.74, 6) is -0.697. The van der Waals surface area contributed by atoms with Gasteiger partial charge in [-0.25, -0.2) is 0 Å². The number of nitrogens with one attached hydrogen (secondary N) is 1. The summed E-state index contributed by atoms with van der Waals surface area (Å²) in [5, 5.41) is 22.1. The summed E-state index contributed by atoms with van der Waals surface area (Å²) in [6, 6.07) is 11.1. The molecule has 4 nitrogen and oxygen atoms in total. The van der Waals surface area contributed by atoms with Crippen LogP contribution < -0.4 is 5.32 Å². The van der Waals surface area contributed by atoms with Crippen LogP contribution in [0.15, 0.2) is 42.5 Å². The third-order valence-corrected chi connectivity index (χ3v) is 3.18. The van der Waals surface area contributed by atoms with Gasteiger partial charge in [0.25, 0.3) is 5.91 Å². The van der Waals surface area contributed by atoms with E-state index in [-0.39, 0.29) is 17.1 Å². The molecule has 0 spiro atoms. The van der Waals surface area contributed by atoms with Crippen molar-refractivity contribution < 1.29 is 15.0 Å². The van der Waals surface area contributed by atoms with E-state index in [0.29, 0.717) is 5.69 Å². The summed E-state index contributed by atoms with van der Waals surface area (Å²) in [6.07, 6.45) is 0. The highest BCUT2D eigenvalue weighted by Gasteiger charge is 2.08. The Morgan fingerprint density at radius 2 is 1.63 bits per heavy atom. The standard InChI is InChI=1S/C14H12BrNO3/c15-8-9-1-3-11(4-2-9)16-14(19)10-5-12(17)7-13(18)6-10/h1-7,17-18H,8H2,(H,16,19). The molecule has 0 saturated carbocycles. The maximum Gasteiger partial charge on any atom is 0.255 e. The minimum atomic E-state index is -0.391. The fourth-order valence-corrected chi connectivity index (χ4v) is 1.98. The SMILES string of the molecule is O=C(Nc1ccc(CBr)cc1)c1cc(O)cc(O)c1. The second-order valence-corrected chi connectivity index (χ2v) is 4.58. The first kappa shape index (κ1) is 13.4. The number of amides is 1. The van der Waals surface area contributed by atoms with E-state index in [4.69, 9.17) is 0 Å². The highest BCUT2D eigenvalue weighted by molar-refractivity contribution is 9.08. The Balaban J connectivity index is 2.15. The van der Waals surface area contributed by atoms with Crippen LogP contribution in [0.25, 0.3) is 0 Å². The molecule has 0 aliphatic rings. The molecule has 2 aromatic carbocycles. The molecule has 19 heavy (non-hydrogen) atoms. The highest BCUT2D eigenvalue weighted by Crippen LogP contribution is 2.21. The third-order valence-electron chi connectivity index (χ3n) is 2.53. The zero-order valence-electron chi connectivity index (χ0n) is 9.93. The number of halogens is 1. The summed E-state index contributed by atoms with van der Waals surface area (Å²) in [7, 11) is 0. The first-order valence-corrected chi connectivity index (χ1v) is 6.70. The molecule has 0 bridgehead atoms. The van der Waals surface area contributed by atoms with Gasteiger partial charge < -0.3 is 15.5 Å². The molecule has 0 aliphatic heterocycles. The fraction of sp³-hybridized carbons (Fsp3) is 0.0714. The lowest BCUT2D eigenvalue weighted by Crippen LogP contribution is -2.11. The maximum atomic E-state index is 11.9. The van der Waals surface area contributed by atoms with Crippen molar-refractivity contribution in [1.29, 1.82) is 0 Å². The van der Waals surface area contributed by atoms with Gasteiger partial charge >= 0.3 is 0 Å². The molecule has 0 radical (unpaired) electrons. The summed E-state index contributed by atoms with van der Waals surface area (Å²) >= 11 is 3.34. The van der Waals surface area contributed by atoms with Crippen LogP contribution in [0.1, 0.15) is 15.9 Å². The predicted octanol–water partition coefficient (Wildman–Crippen LogP) is 3.25. The first-order chi connectivity index (χ1) is 9.08. The molecule has 1 amide bonds. The van der Waals surface area contributed by atoms with Gasteiger partial charge in [0.15, 0.2) is 0 Å². The molecule has 0 unspecified atom stereocenters. The summed E-state index contributed by atoms with van der Waals surface area (Å²) in [6.45, 7) is 0. The number of hydrogen-bond donors (Lipinski definition) is 3. The summed E-state index contributed by atoms with van der Waals surface area (Å²) < 4.78 is 0. The minimum absolute atomic E-state index is 0.153. The second kappa shape index (κ2) is 5.75. The van der Waals surface area contributed by atoms with Gasteiger partial charge in [0.05, 0.1) is 0 Å². The van der Waals surface area contributed by atoms with Crippen LogP contribution in [0.2, 0.25) is 0 Å². The van der Waals surface area contributed by atoms with Crippen molar-refractivity contribution >= 4 is 27.5 Å². The largest absolute Gasteiger partial charge is 0.508 e. The normalized spacial score (nSPS) is 10.2. The number of aromatic hydroxyl groups is 2. The van der Waals surface area contributed by atoms with E-state index in [1.807, 2.05) is 12.1 Å². The Bertz CT molecular complexity index is 576. The van der Waals surface area contributed by atoms with Crippen molar-refractivity contribution in [3.63, 3.8) is 0 Å². The Morgan fingerprint density at radius 3 is 2.16 bits per heavy atom. The van der Waals surface area contributed by atoms with Crippen molar-refractivity contribution in [2.24, 2.45) is 0 Å². The van der Waals surface area contributed by atoms with Gasteiger partial charge in [-0.3, -0.25) is 4.79 Å². The molecule has 5 heteroatoms. The van der Waals surface area contributed by atoms with Gasteiger partial charge in [0, 0.05) is 22.6 Å². The maximum absolute atomic E-state index is 11.9. The molecule has 2 aromatic rings. The van der Waals surface area contributed by atoms with E-state index in [9.17, 15) is 15.0 Å². The summed E-state index contributed by atoms with van der Waals surface area (Å²) in [5.41, 5.74) is 1.95. The van der Waals surface area contributed by atoms with Gasteiger partial charge in [-0.1, -0.05) is 28.1 Å². The Hall–Kier alpha value is -2.01. The molecule has 0 atom stereocenters. The molecule has 0 aromatic heterocycles. The molecule has 2 rings (SSSR count). The molecule has 3 N–H and O–H groups in total. The van der Waals surface area contributed by atoms with Crippen molar-refractivity contribution in [2.45, 2.75) is 5.33 Å². The van der Waals surface area contributed by atoms with Gasteiger partial charge in [-0.2, -0.15) is 0 Å². The third kappa shape index (κ3) is 3.48. The molecule has 0 heterocycles. The van der Waals surface area contributed by atoms with Crippen LogP contribution in [-0.4, -0.2) is 16.1 Å². The van der Waals surface area contributed by atoms with E-state index in [1.165, 1.54) is 18.2 Å². The second-order valence-electron chi connectivity index (χ2n) is 4.02. The lowest BCUT2D eigenvalue weighted by atomic mass is 10.1. The number of carbonyl (C=O) groups excluding carboxylic acids is 1. The molecule has 0 fully saturated rings. The highest BCUT2D eigenvalue weighted by atomic mass is 79.9. The van der Waals surface area contributed by atoms with Gasteiger partial charge in [0.2, 0.25) is 0 Å². The Kier molecular flexibility index (Phi) is 4.06. The quantitative estimate of drug-likeness (QED) is 0.760. The molecule has 98 valence electrons. The van der Waals surface area contributed by atoms with Gasteiger partial charge in [-0.15, -0.1) is 0 Å². The van der Waals surface area contributed by atoms with Crippen molar-refractivity contribution in [3.05, 3.63) is 53.6 Å². The van der Waals surface area contributed by atoms with E-state index in [0.717, 1.165) is 10.9 Å². The first-order valence-electron chi connectivity index (χ1n) is 5.58. The number of benzene rings is 2. The molecule has 0 saturated heterocycles. The predicted molar refractivity (Wildman–Crippen MR) is 76.8 cm³/mol. The molecule has 0 aliphatic carbocycles. The number of anilines is 1. The monoisotopic (exact) mass is 321 g/mol. The van der Waals surface area contributed by atoms with E-state index >= 15 is 0 Å². The smallest absolute Gasteiger partial charge is 0.255 e. The fourth-order valence-electron chi connectivity index (χ4n) is 1.61. The van der Waals surface area contributed by atoms with Crippen LogP contribution in [0.5, 0.6) is 11.5 Å². The topological polar surface area (TPSA) is 69.6 Å².